The zero-order valence-electron chi connectivity index (χ0n) is 13.3. The molecule has 0 spiro atoms. The van der Waals surface area contributed by atoms with Crippen LogP contribution >= 0.6 is 0 Å². The number of carbonyl (C=O) groups is 2. The number of rotatable bonds is 5. The molecule has 0 unspecified atom stereocenters. The summed E-state index contributed by atoms with van der Waals surface area (Å²) in [5.74, 6) is -2.45. The van der Waals surface area contributed by atoms with Gasteiger partial charge in [-0.15, -0.1) is 0 Å². The van der Waals surface area contributed by atoms with Crippen LogP contribution in [0.5, 0.6) is 0 Å². The second kappa shape index (κ2) is 7.25. The number of benzene rings is 2. The Labute approximate surface area is 143 Å². The number of hydrogen-bond donors (Lipinski definition) is 2. The van der Waals surface area contributed by atoms with Gasteiger partial charge in [0.15, 0.2) is 0 Å². The average Bonchev–Trinajstić information content (AvgIpc) is 3.41. The molecule has 1 saturated carbocycles. The van der Waals surface area contributed by atoms with Crippen LogP contribution in [0.3, 0.4) is 0 Å². The predicted molar refractivity (Wildman–Crippen MR) is 91.0 cm³/mol. The fraction of sp³-hybridized carbons (Fsp3) is 0.158. The molecule has 0 aromatic heterocycles. The topological polar surface area (TPSA) is 58.2 Å². The first-order valence-electron chi connectivity index (χ1n) is 7.87. The molecule has 1 aliphatic rings. The molecule has 0 atom stereocenters. The monoisotopic (exact) mass is 342 g/mol. The summed E-state index contributed by atoms with van der Waals surface area (Å²) >= 11 is 0. The third kappa shape index (κ3) is 4.50. The highest BCUT2D eigenvalue weighted by atomic mass is 19.1. The number of halogens is 2. The number of para-hydroxylation sites is 1. The lowest BCUT2D eigenvalue weighted by molar-refractivity contribution is -0.111. The van der Waals surface area contributed by atoms with Crippen molar-refractivity contribution in [2.45, 2.75) is 18.9 Å². The quantitative estimate of drug-likeness (QED) is 0.817. The van der Waals surface area contributed by atoms with Crippen LogP contribution in [0, 0.1) is 11.6 Å². The van der Waals surface area contributed by atoms with E-state index in [2.05, 4.69) is 10.6 Å². The molecule has 6 heteroatoms. The number of anilines is 1. The SMILES string of the molecule is O=C(/C=C/c1ccc(C(=O)NC2CC2)cc1)Nc1c(F)cccc1F. The zero-order valence-corrected chi connectivity index (χ0v) is 13.3. The minimum atomic E-state index is -0.840. The number of amides is 2. The summed E-state index contributed by atoms with van der Waals surface area (Å²) in [5, 5.41) is 5.05. The maximum Gasteiger partial charge on any atom is 0.251 e. The summed E-state index contributed by atoms with van der Waals surface area (Å²) in [5.41, 5.74) is 0.748. The second-order valence-corrected chi connectivity index (χ2v) is 5.79. The van der Waals surface area contributed by atoms with Crippen LogP contribution in [0.25, 0.3) is 6.08 Å². The van der Waals surface area contributed by atoms with E-state index in [1.807, 2.05) is 0 Å². The Morgan fingerprint density at radius 1 is 1.00 bits per heavy atom. The lowest BCUT2D eigenvalue weighted by atomic mass is 10.1. The van der Waals surface area contributed by atoms with E-state index in [1.165, 1.54) is 18.2 Å². The molecular weight excluding hydrogens is 326 g/mol. The van der Waals surface area contributed by atoms with E-state index in [0.29, 0.717) is 11.1 Å². The van der Waals surface area contributed by atoms with Crippen molar-refractivity contribution in [3.63, 3.8) is 0 Å². The van der Waals surface area contributed by atoms with Crippen LogP contribution < -0.4 is 10.6 Å². The van der Waals surface area contributed by atoms with Gasteiger partial charge in [-0.2, -0.15) is 0 Å². The number of nitrogens with one attached hydrogen (secondary N) is 2. The highest BCUT2D eigenvalue weighted by Crippen LogP contribution is 2.20. The van der Waals surface area contributed by atoms with Gasteiger partial charge in [-0.25, -0.2) is 8.78 Å². The first kappa shape index (κ1) is 16.8. The van der Waals surface area contributed by atoms with Gasteiger partial charge in [0.25, 0.3) is 5.91 Å². The Morgan fingerprint density at radius 3 is 2.24 bits per heavy atom. The van der Waals surface area contributed by atoms with Crippen molar-refractivity contribution >= 4 is 23.6 Å². The van der Waals surface area contributed by atoms with Gasteiger partial charge < -0.3 is 10.6 Å². The van der Waals surface area contributed by atoms with Crippen LogP contribution in [0.1, 0.15) is 28.8 Å². The van der Waals surface area contributed by atoms with Crippen molar-refractivity contribution in [2.75, 3.05) is 5.32 Å². The lowest BCUT2D eigenvalue weighted by Gasteiger charge is -2.05. The maximum absolute atomic E-state index is 13.5. The van der Waals surface area contributed by atoms with Crippen molar-refractivity contribution < 1.29 is 18.4 Å². The normalized spacial score (nSPS) is 13.7. The molecule has 0 aliphatic heterocycles. The van der Waals surface area contributed by atoms with E-state index < -0.39 is 23.2 Å². The minimum absolute atomic E-state index is 0.120. The number of carbonyl (C=O) groups excluding carboxylic acids is 2. The first-order valence-corrected chi connectivity index (χ1v) is 7.87. The Morgan fingerprint density at radius 2 is 1.64 bits per heavy atom. The molecular formula is C19H16F2N2O2. The fourth-order valence-electron chi connectivity index (χ4n) is 2.20. The zero-order chi connectivity index (χ0) is 17.8. The molecule has 1 fully saturated rings. The van der Waals surface area contributed by atoms with Gasteiger partial charge >= 0.3 is 0 Å². The standard InChI is InChI=1S/C19H16F2N2O2/c20-15-2-1-3-16(21)18(15)23-17(24)11-6-12-4-7-13(8-5-12)19(25)22-14-9-10-14/h1-8,11,14H,9-10H2,(H,22,25)(H,23,24)/b11-6+. The molecule has 0 bridgehead atoms. The van der Waals surface area contributed by atoms with E-state index in [4.69, 9.17) is 0 Å². The van der Waals surface area contributed by atoms with Gasteiger partial charge in [-0.3, -0.25) is 9.59 Å². The van der Waals surface area contributed by atoms with Crippen molar-refractivity contribution in [2.24, 2.45) is 0 Å². The molecule has 4 nitrogen and oxygen atoms in total. The summed E-state index contributed by atoms with van der Waals surface area (Å²) in [6.07, 6.45) is 4.70. The van der Waals surface area contributed by atoms with Crippen molar-refractivity contribution in [3.8, 4) is 0 Å². The molecule has 2 aromatic rings. The Bertz CT molecular complexity index is 808. The van der Waals surface area contributed by atoms with E-state index >= 15 is 0 Å². The summed E-state index contributed by atoms with van der Waals surface area (Å²) < 4.78 is 26.9. The minimum Gasteiger partial charge on any atom is -0.349 e. The maximum atomic E-state index is 13.5. The fourth-order valence-corrected chi connectivity index (χ4v) is 2.20. The first-order chi connectivity index (χ1) is 12.0. The molecule has 2 N–H and O–H groups in total. The molecule has 2 amide bonds. The summed E-state index contributed by atoms with van der Waals surface area (Å²) in [4.78, 5) is 23.7. The molecule has 0 heterocycles. The van der Waals surface area contributed by atoms with Crippen LogP contribution in [-0.2, 0) is 4.79 Å². The highest BCUT2D eigenvalue weighted by Gasteiger charge is 2.23. The van der Waals surface area contributed by atoms with Crippen LogP contribution in [0.2, 0.25) is 0 Å². The predicted octanol–water partition coefficient (Wildman–Crippen LogP) is 3.51. The van der Waals surface area contributed by atoms with E-state index in [0.717, 1.165) is 25.0 Å². The van der Waals surface area contributed by atoms with Crippen LogP contribution in [0.4, 0.5) is 14.5 Å². The Kier molecular flexibility index (Phi) is 4.88. The van der Waals surface area contributed by atoms with E-state index in [-0.39, 0.29) is 11.9 Å². The average molecular weight is 342 g/mol. The van der Waals surface area contributed by atoms with Gasteiger partial charge in [0, 0.05) is 17.7 Å². The van der Waals surface area contributed by atoms with Crippen LogP contribution in [0.15, 0.2) is 48.5 Å². The van der Waals surface area contributed by atoms with E-state index in [1.54, 1.807) is 24.3 Å². The third-order valence-corrected chi connectivity index (χ3v) is 3.72. The number of hydrogen-bond acceptors (Lipinski definition) is 2. The van der Waals surface area contributed by atoms with Crippen LogP contribution in [-0.4, -0.2) is 17.9 Å². The third-order valence-electron chi connectivity index (χ3n) is 3.72. The molecule has 128 valence electrons. The molecule has 0 saturated heterocycles. The van der Waals surface area contributed by atoms with Gasteiger partial charge in [-0.1, -0.05) is 18.2 Å². The summed E-state index contributed by atoms with van der Waals surface area (Å²) in [7, 11) is 0. The van der Waals surface area contributed by atoms with Crippen molar-refractivity contribution in [1.29, 1.82) is 0 Å². The van der Waals surface area contributed by atoms with Crippen molar-refractivity contribution in [3.05, 3.63) is 71.3 Å². The van der Waals surface area contributed by atoms with Gasteiger partial charge in [0.05, 0.1) is 0 Å². The van der Waals surface area contributed by atoms with E-state index in [9.17, 15) is 18.4 Å². The molecule has 25 heavy (non-hydrogen) atoms. The Hall–Kier alpha value is -3.02. The Balaban J connectivity index is 1.61. The van der Waals surface area contributed by atoms with Gasteiger partial charge in [0.2, 0.25) is 5.91 Å². The summed E-state index contributed by atoms with van der Waals surface area (Å²) in [6.45, 7) is 0. The van der Waals surface area contributed by atoms with Gasteiger partial charge in [0.1, 0.15) is 17.3 Å². The molecule has 2 aromatic carbocycles. The lowest BCUT2D eigenvalue weighted by Crippen LogP contribution is -2.25. The molecule has 1 aliphatic carbocycles. The highest BCUT2D eigenvalue weighted by molar-refractivity contribution is 6.02. The smallest absolute Gasteiger partial charge is 0.251 e. The van der Waals surface area contributed by atoms with Crippen molar-refractivity contribution in [1.82, 2.24) is 5.32 Å². The van der Waals surface area contributed by atoms with Gasteiger partial charge in [-0.05, 0) is 48.7 Å². The summed E-state index contributed by atoms with van der Waals surface area (Å²) in [6, 6.07) is 10.3. The largest absolute Gasteiger partial charge is 0.349 e. The molecule has 3 rings (SSSR count). The molecule has 0 radical (unpaired) electrons. The second-order valence-electron chi connectivity index (χ2n) is 5.79.